The summed E-state index contributed by atoms with van der Waals surface area (Å²) < 4.78 is 0. The predicted molar refractivity (Wildman–Crippen MR) is 96.1 cm³/mol. The quantitative estimate of drug-likeness (QED) is 0.519. The third-order valence-electron chi connectivity index (χ3n) is 4.21. The van der Waals surface area contributed by atoms with Crippen molar-refractivity contribution < 1.29 is 0 Å². The fourth-order valence-electron chi connectivity index (χ4n) is 2.99. The average Bonchev–Trinajstić information content (AvgIpc) is 2.55. The number of hydrogen-bond acceptors (Lipinski definition) is 0. The van der Waals surface area contributed by atoms with Crippen molar-refractivity contribution in [2.45, 2.75) is 26.7 Å². The van der Waals surface area contributed by atoms with Gasteiger partial charge in [0.25, 0.3) is 0 Å². The third-order valence-corrected chi connectivity index (χ3v) is 4.21. The highest BCUT2D eigenvalue weighted by atomic mass is 14.2. The summed E-state index contributed by atoms with van der Waals surface area (Å²) in [6.07, 6.45) is 0. The van der Waals surface area contributed by atoms with Gasteiger partial charge in [0, 0.05) is 0 Å². The van der Waals surface area contributed by atoms with Crippen molar-refractivity contribution in [1.29, 1.82) is 0 Å². The Hall–Kier alpha value is -2.34. The van der Waals surface area contributed by atoms with E-state index in [2.05, 4.69) is 93.6 Å². The Morgan fingerprint density at radius 1 is 0.636 bits per heavy atom. The van der Waals surface area contributed by atoms with Crippen LogP contribution in [0.1, 0.15) is 30.9 Å². The minimum atomic E-state index is 0.499. The molecule has 0 bridgehead atoms. The second kappa shape index (κ2) is 6.19. The molecule has 0 heterocycles. The van der Waals surface area contributed by atoms with E-state index in [0.29, 0.717) is 5.92 Å². The van der Waals surface area contributed by atoms with Crippen LogP contribution in [0.15, 0.2) is 72.8 Å². The molecule has 0 saturated carbocycles. The first-order valence-electron chi connectivity index (χ1n) is 7.92. The first kappa shape index (κ1) is 14.6. The maximum atomic E-state index is 2.36. The number of aryl methyl sites for hydroxylation is 1. The van der Waals surface area contributed by atoms with Crippen LogP contribution in [-0.4, -0.2) is 0 Å². The van der Waals surface area contributed by atoms with E-state index >= 15 is 0 Å². The Bertz CT molecular complexity index is 767. The summed E-state index contributed by atoms with van der Waals surface area (Å²) in [6, 6.07) is 26.1. The van der Waals surface area contributed by atoms with Gasteiger partial charge in [0.15, 0.2) is 0 Å². The van der Waals surface area contributed by atoms with E-state index < -0.39 is 0 Å². The van der Waals surface area contributed by atoms with Gasteiger partial charge in [-0.05, 0) is 46.2 Å². The largest absolute Gasteiger partial charge is 0.0622 e. The van der Waals surface area contributed by atoms with Crippen molar-refractivity contribution in [3.63, 3.8) is 0 Å². The molecule has 3 rings (SSSR count). The molecule has 0 spiro atoms. The maximum Gasteiger partial charge on any atom is -0.0149 e. The summed E-state index contributed by atoms with van der Waals surface area (Å²) in [5, 5.41) is 0. The van der Waals surface area contributed by atoms with Crippen LogP contribution >= 0.6 is 0 Å². The van der Waals surface area contributed by atoms with Crippen LogP contribution in [0.5, 0.6) is 0 Å². The van der Waals surface area contributed by atoms with E-state index in [0.717, 1.165) is 0 Å². The van der Waals surface area contributed by atoms with E-state index in [4.69, 9.17) is 0 Å². The van der Waals surface area contributed by atoms with E-state index in [1.54, 1.807) is 0 Å². The second-order valence-corrected chi connectivity index (χ2v) is 6.14. The summed E-state index contributed by atoms with van der Waals surface area (Å²) in [7, 11) is 0. The summed E-state index contributed by atoms with van der Waals surface area (Å²) in [5.41, 5.74) is 8.00. The zero-order chi connectivity index (χ0) is 15.5. The van der Waals surface area contributed by atoms with Crippen LogP contribution in [0, 0.1) is 6.92 Å². The molecule has 0 radical (unpaired) electrons. The summed E-state index contributed by atoms with van der Waals surface area (Å²) in [6.45, 7) is 6.71. The van der Waals surface area contributed by atoms with Crippen LogP contribution in [0.3, 0.4) is 0 Å². The molecule has 0 heteroatoms. The molecule has 3 aromatic rings. The maximum absolute atomic E-state index is 2.36. The normalized spacial score (nSPS) is 10.9. The lowest BCUT2D eigenvalue weighted by molar-refractivity contribution is 0.869. The topological polar surface area (TPSA) is 0 Å². The molecule has 0 aliphatic rings. The van der Waals surface area contributed by atoms with Crippen molar-refractivity contribution >= 4 is 0 Å². The SMILES string of the molecule is Cc1ccccc1-c1ccc(-c2ccccc2)c(C(C)C)c1. The van der Waals surface area contributed by atoms with Gasteiger partial charge in [-0.2, -0.15) is 0 Å². The van der Waals surface area contributed by atoms with Gasteiger partial charge >= 0.3 is 0 Å². The Labute approximate surface area is 133 Å². The lowest BCUT2D eigenvalue weighted by Crippen LogP contribution is -1.94. The molecule has 0 saturated heterocycles. The highest BCUT2D eigenvalue weighted by Gasteiger charge is 2.11. The fraction of sp³-hybridized carbons (Fsp3) is 0.182. The molecule has 0 unspecified atom stereocenters. The molecule has 0 fully saturated rings. The van der Waals surface area contributed by atoms with E-state index in [9.17, 15) is 0 Å². The van der Waals surface area contributed by atoms with Crippen molar-refractivity contribution in [1.82, 2.24) is 0 Å². The first-order valence-corrected chi connectivity index (χ1v) is 7.92. The lowest BCUT2D eigenvalue weighted by atomic mass is 9.88. The van der Waals surface area contributed by atoms with Crippen molar-refractivity contribution in [3.05, 3.63) is 83.9 Å². The fourth-order valence-corrected chi connectivity index (χ4v) is 2.99. The molecule has 3 aromatic carbocycles. The molecule has 0 N–H and O–H groups in total. The standard InChI is InChI=1S/C22H22/c1-16(2)22-15-19(20-12-8-7-9-17(20)3)13-14-21(22)18-10-5-4-6-11-18/h4-16H,1-3H3. The molecule has 22 heavy (non-hydrogen) atoms. The van der Waals surface area contributed by atoms with Crippen molar-refractivity contribution in [2.75, 3.05) is 0 Å². The Morgan fingerprint density at radius 3 is 2.00 bits per heavy atom. The van der Waals surface area contributed by atoms with Gasteiger partial charge < -0.3 is 0 Å². The highest BCUT2D eigenvalue weighted by molar-refractivity contribution is 5.75. The zero-order valence-electron chi connectivity index (χ0n) is 13.5. The monoisotopic (exact) mass is 286 g/mol. The number of hydrogen-bond donors (Lipinski definition) is 0. The number of rotatable bonds is 3. The molecule has 0 aliphatic heterocycles. The Kier molecular flexibility index (Phi) is 4.11. The molecule has 0 amide bonds. The van der Waals surface area contributed by atoms with Gasteiger partial charge in [-0.1, -0.05) is 86.6 Å². The van der Waals surface area contributed by atoms with Crippen LogP contribution in [0.4, 0.5) is 0 Å². The molecule has 110 valence electrons. The van der Waals surface area contributed by atoms with Crippen LogP contribution in [-0.2, 0) is 0 Å². The molecular weight excluding hydrogens is 264 g/mol. The van der Waals surface area contributed by atoms with Crippen LogP contribution in [0.2, 0.25) is 0 Å². The first-order chi connectivity index (χ1) is 10.7. The zero-order valence-corrected chi connectivity index (χ0v) is 13.5. The van der Waals surface area contributed by atoms with Crippen molar-refractivity contribution in [2.24, 2.45) is 0 Å². The lowest BCUT2D eigenvalue weighted by Gasteiger charge is -2.16. The van der Waals surface area contributed by atoms with Gasteiger partial charge in [-0.3, -0.25) is 0 Å². The van der Waals surface area contributed by atoms with Gasteiger partial charge in [0.2, 0.25) is 0 Å². The summed E-state index contributed by atoms with van der Waals surface area (Å²) >= 11 is 0. The van der Waals surface area contributed by atoms with Crippen LogP contribution < -0.4 is 0 Å². The molecule has 0 nitrogen and oxygen atoms in total. The van der Waals surface area contributed by atoms with E-state index in [1.165, 1.54) is 33.4 Å². The van der Waals surface area contributed by atoms with Gasteiger partial charge in [0.1, 0.15) is 0 Å². The van der Waals surface area contributed by atoms with Gasteiger partial charge in [0.05, 0.1) is 0 Å². The molecule has 0 aliphatic carbocycles. The third kappa shape index (κ3) is 2.82. The van der Waals surface area contributed by atoms with E-state index in [-0.39, 0.29) is 0 Å². The Balaban J connectivity index is 2.15. The minimum absolute atomic E-state index is 0.499. The average molecular weight is 286 g/mol. The Morgan fingerprint density at radius 2 is 1.32 bits per heavy atom. The van der Waals surface area contributed by atoms with E-state index in [1.807, 2.05) is 0 Å². The molecule has 0 atom stereocenters. The second-order valence-electron chi connectivity index (χ2n) is 6.14. The predicted octanol–water partition coefficient (Wildman–Crippen LogP) is 6.45. The van der Waals surface area contributed by atoms with Gasteiger partial charge in [-0.15, -0.1) is 0 Å². The molecule has 0 aromatic heterocycles. The smallest absolute Gasteiger partial charge is 0.0149 e. The highest BCUT2D eigenvalue weighted by Crippen LogP contribution is 2.34. The summed E-state index contributed by atoms with van der Waals surface area (Å²) in [4.78, 5) is 0. The van der Waals surface area contributed by atoms with Gasteiger partial charge in [-0.25, -0.2) is 0 Å². The minimum Gasteiger partial charge on any atom is -0.0622 e. The van der Waals surface area contributed by atoms with Crippen LogP contribution in [0.25, 0.3) is 22.3 Å². The number of benzene rings is 3. The van der Waals surface area contributed by atoms with Crippen molar-refractivity contribution in [3.8, 4) is 22.3 Å². The summed E-state index contributed by atoms with van der Waals surface area (Å²) in [5.74, 6) is 0.499. The molecular formula is C22H22.